The van der Waals surface area contributed by atoms with Gasteiger partial charge < -0.3 is 14.2 Å². The molecule has 1 spiro atoms. The van der Waals surface area contributed by atoms with Gasteiger partial charge in [0, 0.05) is 60.8 Å². The molecule has 278 valence electrons. The number of hydrogen-bond donors (Lipinski definition) is 0. The normalized spacial score (nSPS) is 13.2. The van der Waals surface area contributed by atoms with E-state index < -0.39 is 5.41 Å². The largest absolute Gasteiger partial charge is 0.456 e. The van der Waals surface area contributed by atoms with Crippen molar-refractivity contribution in [2.24, 2.45) is 0 Å². The van der Waals surface area contributed by atoms with Gasteiger partial charge in [0.1, 0.15) is 11.2 Å². The summed E-state index contributed by atoms with van der Waals surface area (Å²) in [5.74, 6) is 0. The van der Waals surface area contributed by atoms with Crippen LogP contribution in [0.25, 0.3) is 33.1 Å². The Morgan fingerprint density at radius 2 is 0.763 bits per heavy atom. The number of benzene rings is 9. The summed E-state index contributed by atoms with van der Waals surface area (Å²) in [6, 6.07) is 79.0. The van der Waals surface area contributed by atoms with Crippen LogP contribution in [-0.4, -0.2) is 0 Å². The van der Waals surface area contributed by atoms with Gasteiger partial charge in [-0.2, -0.15) is 0 Å². The SMILES string of the molecule is c1ccc(N(c2ccccc2)c2ccc3c(c2)C2(c4cc5c(cc4S3)oc3cc(N(c4ccccc4)c4ccccc4)ccc35)c3ccccc3-c3ccccc32)cc1. The molecule has 9 aromatic carbocycles. The molecule has 4 heteroatoms. The van der Waals surface area contributed by atoms with Crippen LogP contribution in [0.2, 0.25) is 0 Å². The third kappa shape index (κ3) is 5.16. The van der Waals surface area contributed by atoms with Gasteiger partial charge in [-0.25, -0.2) is 0 Å². The van der Waals surface area contributed by atoms with Gasteiger partial charge in [0.2, 0.25) is 0 Å². The number of anilines is 6. The fourth-order valence-electron chi connectivity index (χ4n) is 9.63. The van der Waals surface area contributed by atoms with Crippen LogP contribution in [0.5, 0.6) is 0 Å². The van der Waals surface area contributed by atoms with Crippen LogP contribution in [0.4, 0.5) is 34.1 Å². The molecule has 1 aliphatic carbocycles. The highest BCUT2D eigenvalue weighted by atomic mass is 32.2. The monoisotopic (exact) mass is 772 g/mol. The summed E-state index contributed by atoms with van der Waals surface area (Å²) in [4.78, 5) is 7.12. The number of nitrogens with zero attached hydrogens (tertiary/aromatic N) is 2. The lowest BCUT2D eigenvalue weighted by Crippen LogP contribution is -2.32. The van der Waals surface area contributed by atoms with Crippen LogP contribution in [0.1, 0.15) is 22.3 Å². The van der Waals surface area contributed by atoms with E-state index in [2.05, 4.69) is 228 Å². The van der Waals surface area contributed by atoms with E-state index in [0.717, 1.165) is 56.1 Å². The second kappa shape index (κ2) is 13.4. The van der Waals surface area contributed by atoms with Crippen molar-refractivity contribution in [1.29, 1.82) is 0 Å². The number of para-hydroxylation sites is 4. The fourth-order valence-corrected chi connectivity index (χ4v) is 10.8. The average Bonchev–Trinajstić information content (AvgIpc) is 3.80. The molecule has 12 rings (SSSR count). The molecule has 2 aliphatic rings. The minimum atomic E-state index is -0.562. The highest BCUT2D eigenvalue weighted by Crippen LogP contribution is 2.63. The van der Waals surface area contributed by atoms with Crippen molar-refractivity contribution < 1.29 is 4.42 Å². The first-order valence-corrected chi connectivity index (χ1v) is 20.9. The van der Waals surface area contributed by atoms with Crippen LogP contribution in [0.15, 0.2) is 233 Å². The van der Waals surface area contributed by atoms with E-state index in [1.807, 2.05) is 11.8 Å². The molecule has 0 amide bonds. The van der Waals surface area contributed by atoms with E-state index >= 15 is 0 Å². The molecule has 0 saturated heterocycles. The first-order valence-electron chi connectivity index (χ1n) is 20.1. The molecule has 0 radical (unpaired) electrons. The molecular weight excluding hydrogens is 737 g/mol. The maximum atomic E-state index is 6.86. The summed E-state index contributed by atoms with van der Waals surface area (Å²) in [7, 11) is 0. The van der Waals surface area contributed by atoms with Crippen molar-refractivity contribution in [2.75, 3.05) is 9.80 Å². The van der Waals surface area contributed by atoms with Gasteiger partial charge in [0.15, 0.2) is 0 Å². The van der Waals surface area contributed by atoms with Gasteiger partial charge in [0.05, 0.1) is 5.41 Å². The predicted octanol–water partition coefficient (Wildman–Crippen LogP) is 15.4. The first-order chi connectivity index (χ1) is 29.3. The maximum absolute atomic E-state index is 6.86. The summed E-state index contributed by atoms with van der Waals surface area (Å²) >= 11 is 1.85. The van der Waals surface area contributed by atoms with Gasteiger partial charge in [-0.3, -0.25) is 0 Å². The predicted molar refractivity (Wildman–Crippen MR) is 245 cm³/mol. The van der Waals surface area contributed by atoms with Gasteiger partial charge in [0.25, 0.3) is 0 Å². The van der Waals surface area contributed by atoms with Crippen molar-refractivity contribution >= 4 is 67.8 Å². The van der Waals surface area contributed by atoms with Gasteiger partial charge >= 0.3 is 0 Å². The van der Waals surface area contributed by atoms with Crippen LogP contribution in [0, 0.1) is 0 Å². The lowest BCUT2D eigenvalue weighted by molar-refractivity contribution is 0.664. The summed E-state index contributed by atoms with van der Waals surface area (Å²) < 4.78 is 6.86. The minimum absolute atomic E-state index is 0.562. The lowest BCUT2D eigenvalue weighted by Gasteiger charge is -2.40. The molecule has 1 aromatic heterocycles. The smallest absolute Gasteiger partial charge is 0.137 e. The Kier molecular flexibility index (Phi) is 7.69. The van der Waals surface area contributed by atoms with E-state index in [9.17, 15) is 0 Å². The standard InChI is InChI=1S/C55H36N2OS/c1-5-17-37(18-6-1)56(38-19-7-2-8-20-38)41-30-32-53-49(33-41)55(47-27-15-13-25-43(47)44-26-14-16-28-48(44)55)50-35-46-45-31-29-42(34-51(45)58-52(46)36-54(50)59-53)57(39-21-9-3-10-22-39)40-23-11-4-12-24-40/h1-36H. The zero-order valence-corrected chi connectivity index (χ0v) is 32.8. The second-order valence-corrected chi connectivity index (χ2v) is 16.3. The van der Waals surface area contributed by atoms with Crippen molar-refractivity contribution in [3.8, 4) is 11.1 Å². The molecule has 3 nitrogen and oxygen atoms in total. The molecule has 0 saturated carbocycles. The summed E-state index contributed by atoms with van der Waals surface area (Å²) in [6.45, 7) is 0. The third-order valence-corrected chi connectivity index (χ3v) is 13.2. The molecule has 0 unspecified atom stereocenters. The Morgan fingerprint density at radius 1 is 0.322 bits per heavy atom. The number of fused-ring (bicyclic) bond motifs is 12. The molecule has 10 aromatic rings. The van der Waals surface area contributed by atoms with Crippen LogP contribution in [0.3, 0.4) is 0 Å². The van der Waals surface area contributed by atoms with E-state index in [4.69, 9.17) is 4.42 Å². The fraction of sp³-hybridized carbons (Fsp3) is 0.0182. The molecule has 0 atom stereocenters. The Balaban J connectivity index is 1.10. The zero-order chi connectivity index (χ0) is 38.9. The van der Waals surface area contributed by atoms with Crippen LogP contribution in [-0.2, 0) is 5.41 Å². The Hall–Kier alpha value is -7.27. The Morgan fingerprint density at radius 3 is 1.31 bits per heavy atom. The molecular formula is C55H36N2OS. The molecule has 1 aliphatic heterocycles. The van der Waals surface area contributed by atoms with Crippen molar-refractivity contribution in [1.82, 2.24) is 0 Å². The maximum Gasteiger partial charge on any atom is 0.137 e. The molecule has 0 fully saturated rings. The number of hydrogen-bond acceptors (Lipinski definition) is 4. The van der Waals surface area contributed by atoms with Crippen LogP contribution >= 0.6 is 11.8 Å². The summed E-state index contributed by atoms with van der Waals surface area (Å²) in [5, 5.41) is 2.22. The highest BCUT2D eigenvalue weighted by Gasteiger charge is 2.50. The summed E-state index contributed by atoms with van der Waals surface area (Å²) in [5.41, 5.74) is 15.5. The molecule has 59 heavy (non-hydrogen) atoms. The molecule has 2 heterocycles. The quantitative estimate of drug-likeness (QED) is 0.168. The Labute approximate surface area is 347 Å². The zero-order valence-electron chi connectivity index (χ0n) is 32.0. The second-order valence-electron chi connectivity index (χ2n) is 15.3. The van der Waals surface area contributed by atoms with Crippen molar-refractivity contribution in [3.63, 3.8) is 0 Å². The highest BCUT2D eigenvalue weighted by molar-refractivity contribution is 7.99. The van der Waals surface area contributed by atoms with Gasteiger partial charge in [-0.05, 0) is 124 Å². The average molecular weight is 773 g/mol. The van der Waals surface area contributed by atoms with E-state index in [-0.39, 0.29) is 0 Å². The van der Waals surface area contributed by atoms with Gasteiger partial charge in [-0.1, -0.05) is 133 Å². The number of furan rings is 1. The third-order valence-electron chi connectivity index (χ3n) is 12.1. The van der Waals surface area contributed by atoms with Crippen molar-refractivity contribution in [2.45, 2.75) is 15.2 Å². The van der Waals surface area contributed by atoms with E-state index in [1.165, 1.54) is 43.2 Å². The minimum Gasteiger partial charge on any atom is -0.456 e. The Bertz CT molecular complexity index is 3070. The first kappa shape index (κ1) is 33.8. The van der Waals surface area contributed by atoms with Gasteiger partial charge in [-0.15, -0.1) is 0 Å². The topological polar surface area (TPSA) is 19.6 Å². The van der Waals surface area contributed by atoms with E-state index in [1.54, 1.807) is 0 Å². The molecule has 0 N–H and O–H groups in total. The lowest BCUT2D eigenvalue weighted by atomic mass is 9.67. The summed E-state index contributed by atoms with van der Waals surface area (Å²) in [6.07, 6.45) is 0. The van der Waals surface area contributed by atoms with Crippen LogP contribution < -0.4 is 9.80 Å². The number of rotatable bonds is 6. The van der Waals surface area contributed by atoms with Crippen molar-refractivity contribution in [3.05, 3.63) is 241 Å². The molecule has 0 bridgehead atoms. The van der Waals surface area contributed by atoms with E-state index in [0.29, 0.717) is 0 Å².